The van der Waals surface area contributed by atoms with Crippen LogP contribution in [0.25, 0.3) is 0 Å². The molecule has 0 aliphatic carbocycles. The number of rotatable bonds is 7. The van der Waals surface area contributed by atoms with Gasteiger partial charge in [-0.05, 0) is 6.42 Å². The number of hydrogen-bond acceptors (Lipinski definition) is 3. The maximum atomic E-state index is 11.5. The van der Waals surface area contributed by atoms with E-state index in [1.165, 1.54) is 4.90 Å². The van der Waals surface area contributed by atoms with E-state index in [2.05, 4.69) is 5.32 Å². The van der Waals surface area contributed by atoms with Gasteiger partial charge < -0.3 is 15.0 Å². The molecule has 0 aliphatic rings. The van der Waals surface area contributed by atoms with Gasteiger partial charge in [0.15, 0.2) is 0 Å². The first-order valence-electron chi connectivity index (χ1n) is 5.49. The van der Waals surface area contributed by atoms with E-state index in [1.54, 1.807) is 14.2 Å². The minimum Gasteiger partial charge on any atom is -0.385 e. The van der Waals surface area contributed by atoms with Crippen molar-refractivity contribution in [1.29, 1.82) is 0 Å². The maximum Gasteiger partial charge on any atom is 0.239 e. The van der Waals surface area contributed by atoms with Crippen molar-refractivity contribution < 1.29 is 14.3 Å². The third-order valence-electron chi connectivity index (χ3n) is 2.10. The van der Waals surface area contributed by atoms with E-state index in [0.717, 1.165) is 6.42 Å². The molecule has 0 unspecified atom stereocenters. The number of nitrogens with one attached hydrogen (secondary N) is 1. The lowest BCUT2D eigenvalue weighted by molar-refractivity contribution is -0.137. The molecule has 2 amide bonds. The lowest BCUT2D eigenvalue weighted by atomic mass is 10.2. The standard InChI is InChI=1S/C11H22N2O3/c1-9(2)11(15)13(3)8-10(14)12-6-5-7-16-4/h9H,5-8H2,1-4H3,(H,12,14). The molecule has 5 heteroatoms. The molecule has 0 aromatic rings. The number of carbonyl (C=O) groups excluding carboxylic acids is 2. The average molecular weight is 230 g/mol. The molecule has 0 atom stereocenters. The van der Waals surface area contributed by atoms with Crippen LogP contribution < -0.4 is 5.32 Å². The lowest BCUT2D eigenvalue weighted by Crippen LogP contribution is -2.40. The monoisotopic (exact) mass is 230 g/mol. The molecular weight excluding hydrogens is 208 g/mol. The van der Waals surface area contributed by atoms with Gasteiger partial charge in [-0.2, -0.15) is 0 Å². The van der Waals surface area contributed by atoms with Gasteiger partial charge in [-0.1, -0.05) is 13.8 Å². The Bertz CT molecular complexity index is 229. The number of amides is 2. The first-order chi connectivity index (χ1) is 7.49. The molecule has 0 aliphatic heterocycles. The maximum absolute atomic E-state index is 11.5. The van der Waals surface area contributed by atoms with E-state index in [4.69, 9.17) is 4.74 Å². The Morgan fingerprint density at radius 3 is 2.50 bits per heavy atom. The highest BCUT2D eigenvalue weighted by molar-refractivity contribution is 5.85. The molecule has 0 fully saturated rings. The lowest BCUT2D eigenvalue weighted by Gasteiger charge is -2.18. The molecule has 0 rings (SSSR count). The number of nitrogens with zero attached hydrogens (tertiary/aromatic N) is 1. The first kappa shape index (κ1) is 14.9. The third kappa shape index (κ3) is 6.40. The Hall–Kier alpha value is -1.10. The van der Waals surface area contributed by atoms with Crippen LogP contribution in [0.2, 0.25) is 0 Å². The predicted molar refractivity (Wildman–Crippen MR) is 62.0 cm³/mol. The molecule has 0 bridgehead atoms. The summed E-state index contributed by atoms with van der Waals surface area (Å²) >= 11 is 0. The van der Waals surface area contributed by atoms with Crippen molar-refractivity contribution in [2.45, 2.75) is 20.3 Å². The average Bonchev–Trinajstić information content (AvgIpc) is 2.23. The topological polar surface area (TPSA) is 58.6 Å². The fraction of sp³-hybridized carbons (Fsp3) is 0.818. The summed E-state index contributed by atoms with van der Waals surface area (Å²) in [5, 5.41) is 2.73. The SMILES string of the molecule is COCCCNC(=O)CN(C)C(=O)C(C)C. The van der Waals surface area contributed by atoms with Crippen molar-refractivity contribution in [3.05, 3.63) is 0 Å². The molecule has 0 aromatic heterocycles. The molecule has 5 nitrogen and oxygen atoms in total. The van der Waals surface area contributed by atoms with E-state index in [9.17, 15) is 9.59 Å². The van der Waals surface area contributed by atoms with Gasteiger partial charge >= 0.3 is 0 Å². The van der Waals surface area contributed by atoms with Crippen molar-refractivity contribution in [1.82, 2.24) is 10.2 Å². The number of carbonyl (C=O) groups is 2. The molecule has 94 valence electrons. The highest BCUT2D eigenvalue weighted by Gasteiger charge is 2.15. The number of methoxy groups -OCH3 is 1. The van der Waals surface area contributed by atoms with Crippen molar-refractivity contribution in [3.63, 3.8) is 0 Å². The van der Waals surface area contributed by atoms with Crippen LogP contribution in [0.4, 0.5) is 0 Å². The number of ether oxygens (including phenoxy) is 1. The Morgan fingerprint density at radius 1 is 1.38 bits per heavy atom. The molecule has 0 spiro atoms. The zero-order valence-electron chi connectivity index (χ0n) is 10.6. The summed E-state index contributed by atoms with van der Waals surface area (Å²) in [5.74, 6) is -0.231. The second kappa shape index (κ2) is 8.10. The van der Waals surface area contributed by atoms with Gasteiger partial charge in [-0.15, -0.1) is 0 Å². The molecule has 16 heavy (non-hydrogen) atoms. The molecule has 0 saturated carbocycles. The zero-order valence-corrected chi connectivity index (χ0v) is 10.6. The minimum absolute atomic E-state index is 0.0213. The Labute approximate surface area is 97.1 Å². The van der Waals surface area contributed by atoms with Crippen LogP contribution in [0.3, 0.4) is 0 Å². The summed E-state index contributed by atoms with van der Waals surface area (Å²) in [4.78, 5) is 24.3. The normalized spacial score (nSPS) is 10.3. The highest BCUT2D eigenvalue weighted by Crippen LogP contribution is 1.97. The fourth-order valence-electron chi connectivity index (χ4n) is 1.23. The molecule has 0 saturated heterocycles. The van der Waals surface area contributed by atoms with Crippen LogP contribution in [0.5, 0.6) is 0 Å². The van der Waals surface area contributed by atoms with Gasteiger partial charge in [0, 0.05) is 33.2 Å². The van der Waals surface area contributed by atoms with Crippen LogP contribution >= 0.6 is 0 Å². The van der Waals surface area contributed by atoms with Crippen molar-refractivity contribution >= 4 is 11.8 Å². The molecule has 0 heterocycles. The van der Waals surface area contributed by atoms with Crippen LogP contribution in [0.1, 0.15) is 20.3 Å². The van der Waals surface area contributed by atoms with Gasteiger partial charge in [0.2, 0.25) is 11.8 Å². The van der Waals surface area contributed by atoms with Crippen molar-refractivity contribution in [2.75, 3.05) is 33.9 Å². The van der Waals surface area contributed by atoms with Crippen LogP contribution in [-0.4, -0.2) is 50.6 Å². The van der Waals surface area contributed by atoms with E-state index < -0.39 is 0 Å². The second-order valence-corrected chi connectivity index (χ2v) is 4.05. The van der Waals surface area contributed by atoms with Crippen LogP contribution in [0, 0.1) is 5.92 Å². The molecular formula is C11H22N2O3. The van der Waals surface area contributed by atoms with Gasteiger partial charge in [0.25, 0.3) is 0 Å². The minimum atomic E-state index is -0.132. The van der Waals surface area contributed by atoms with Crippen molar-refractivity contribution in [2.24, 2.45) is 5.92 Å². The number of likely N-dealkylation sites (N-methyl/N-ethyl adjacent to an activating group) is 1. The highest BCUT2D eigenvalue weighted by atomic mass is 16.5. The number of hydrogen-bond donors (Lipinski definition) is 1. The van der Waals surface area contributed by atoms with Gasteiger partial charge in [-0.25, -0.2) is 0 Å². The zero-order chi connectivity index (χ0) is 12.6. The summed E-state index contributed by atoms with van der Waals surface area (Å²) in [6.07, 6.45) is 0.782. The van der Waals surface area contributed by atoms with Crippen LogP contribution in [-0.2, 0) is 14.3 Å². The van der Waals surface area contributed by atoms with E-state index in [-0.39, 0.29) is 24.3 Å². The molecule has 1 N–H and O–H groups in total. The Kier molecular flexibility index (Phi) is 7.54. The van der Waals surface area contributed by atoms with Gasteiger partial charge in [0.1, 0.15) is 0 Å². The fourth-order valence-corrected chi connectivity index (χ4v) is 1.23. The largest absolute Gasteiger partial charge is 0.385 e. The summed E-state index contributed by atoms with van der Waals surface area (Å²) in [7, 11) is 3.26. The molecule has 0 radical (unpaired) electrons. The molecule has 0 aromatic carbocycles. The quantitative estimate of drug-likeness (QED) is 0.638. The van der Waals surface area contributed by atoms with E-state index >= 15 is 0 Å². The van der Waals surface area contributed by atoms with E-state index in [1.807, 2.05) is 13.8 Å². The Balaban J connectivity index is 3.74. The summed E-state index contributed by atoms with van der Waals surface area (Å²) < 4.78 is 4.86. The van der Waals surface area contributed by atoms with E-state index in [0.29, 0.717) is 13.2 Å². The predicted octanol–water partition coefficient (Wildman–Crippen LogP) is 0.254. The first-order valence-corrected chi connectivity index (χ1v) is 5.49. The van der Waals surface area contributed by atoms with Crippen molar-refractivity contribution in [3.8, 4) is 0 Å². The summed E-state index contributed by atoms with van der Waals surface area (Å²) in [5.41, 5.74) is 0. The van der Waals surface area contributed by atoms with Gasteiger partial charge in [-0.3, -0.25) is 9.59 Å². The second-order valence-electron chi connectivity index (χ2n) is 4.05. The smallest absolute Gasteiger partial charge is 0.239 e. The Morgan fingerprint density at radius 2 is 2.00 bits per heavy atom. The van der Waals surface area contributed by atoms with Gasteiger partial charge in [0.05, 0.1) is 6.54 Å². The third-order valence-corrected chi connectivity index (χ3v) is 2.10. The van der Waals surface area contributed by atoms with Crippen LogP contribution in [0.15, 0.2) is 0 Å². The summed E-state index contributed by atoms with van der Waals surface area (Å²) in [6, 6.07) is 0. The summed E-state index contributed by atoms with van der Waals surface area (Å²) in [6.45, 7) is 4.95.